The van der Waals surface area contributed by atoms with Gasteiger partial charge in [0.25, 0.3) is 0 Å². The predicted molar refractivity (Wildman–Crippen MR) is 438 cm³/mol. The number of rotatable bonds is 22. The van der Waals surface area contributed by atoms with Crippen molar-refractivity contribution >= 4 is 20.2 Å². The molecule has 686 valence electrons. The molecule has 6 heterocycles. The van der Waals surface area contributed by atoms with E-state index in [2.05, 4.69) is 40.0 Å². The van der Waals surface area contributed by atoms with Crippen molar-refractivity contribution in [3.63, 3.8) is 0 Å². The fourth-order valence-electron chi connectivity index (χ4n) is 18.7. The van der Waals surface area contributed by atoms with Gasteiger partial charge in [0.15, 0.2) is 25.2 Å². The van der Waals surface area contributed by atoms with Crippen molar-refractivity contribution in [1.29, 1.82) is 0 Å². The van der Waals surface area contributed by atoms with Crippen molar-refractivity contribution in [2.75, 3.05) is 81.7 Å². The fraction of sp³-hybridized carbons (Fsp3) is 0.976. The van der Waals surface area contributed by atoms with Gasteiger partial charge in [-0.2, -0.15) is 4.89 Å². The van der Waals surface area contributed by atoms with Gasteiger partial charge in [-0.1, -0.05) is 62.3 Å². The molecule has 0 aromatic carbocycles. The molecule has 0 aromatic heterocycles. The summed E-state index contributed by atoms with van der Waals surface area (Å²) in [5, 5.41) is 120. The highest BCUT2D eigenvalue weighted by molar-refractivity contribution is 7.29. The zero-order valence-electron chi connectivity index (χ0n) is 75.8. The van der Waals surface area contributed by atoms with Crippen LogP contribution in [0.3, 0.4) is 0 Å². The normalized spacial score (nSPS) is 46.6. The Morgan fingerprint density at radius 2 is 0.862 bits per heavy atom. The summed E-state index contributed by atoms with van der Waals surface area (Å²) in [6, 6.07) is -1.28. The number of likely N-dealkylation sites (N-methyl/N-ethyl adjacent to an activating group) is 1. The lowest BCUT2D eigenvalue weighted by Crippen LogP contribution is -2.70. The van der Waals surface area contributed by atoms with Gasteiger partial charge in [-0.25, -0.2) is 0 Å². The molecule has 33 heteroatoms. The molecule has 0 bridgehead atoms. The monoisotopic (exact) mass is 1690 g/mol. The molecule has 0 radical (unpaired) electrons. The molecule has 0 aliphatic carbocycles. The van der Waals surface area contributed by atoms with Crippen molar-refractivity contribution < 1.29 is 128 Å². The van der Waals surface area contributed by atoms with E-state index < -0.39 is 193 Å². The first-order chi connectivity index (χ1) is 53.5. The highest BCUT2D eigenvalue weighted by Crippen LogP contribution is 2.47. The summed E-state index contributed by atoms with van der Waals surface area (Å²) in [6.07, 6.45) is -11.0. The van der Waals surface area contributed by atoms with Crippen molar-refractivity contribution in [2.24, 2.45) is 41.4 Å². The van der Waals surface area contributed by atoms with E-state index in [0.717, 1.165) is 19.3 Å². The second kappa shape index (κ2) is 45.2. The first kappa shape index (κ1) is 106. The minimum absolute atomic E-state index is 0. The van der Waals surface area contributed by atoms with Crippen LogP contribution in [0.25, 0.3) is 0 Å². The molecule has 14 N–H and O–H groups in total. The zero-order valence-corrected chi connectivity index (χ0v) is 76.7. The quantitative estimate of drug-likeness (QED) is 0.0406. The van der Waals surface area contributed by atoms with Gasteiger partial charge in [-0.15, -0.1) is 0 Å². The molecule has 116 heavy (non-hydrogen) atoms. The topological polar surface area (TPSA) is 442 Å². The highest BCUT2D eigenvalue weighted by atomic mass is 31.1. The van der Waals surface area contributed by atoms with Crippen LogP contribution in [0.2, 0.25) is 0 Å². The van der Waals surface area contributed by atoms with Gasteiger partial charge >= 0.3 is 20.2 Å². The van der Waals surface area contributed by atoms with Crippen LogP contribution in [0.15, 0.2) is 0 Å². The molecule has 19 unspecified atom stereocenters. The molecule has 6 aliphatic heterocycles. The van der Waals surface area contributed by atoms with Crippen LogP contribution in [-0.4, -0.2) is 328 Å². The number of ether oxygens (including phenoxy) is 12. The van der Waals surface area contributed by atoms with E-state index in [4.69, 9.17) is 71.2 Å². The number of carbonyl (C=O) groups is 2. The first-order valence-electron chi connectivity index (χ1n) is 42.7. The molecule has 6 fully saturated rings. The third-order valence-electron chi connectivity index (χ3n) is 26.4. The second-order valence-corrected chi connectivity index (χ2v) is 37.5. The maximum atomic E-state index is 14.4. The number of hydrogen-bond donors (Lipinski definition) is 14. The zero-order chi connectivity index (χ0) is 88.7. The lowest BCUT2D eigenvalue weighted by Gasteiger charge is -2.53. The number of nitrogens with zero attached hydrogens (tertiary/aromatic N) is 2. The number of methoxy groups -OCH3 is 2. The van der Waals surface area contributed by atoms with Gasteiger partial charge in [0.05, 0.1) is 71.9 Å². The molecule has 0 aromatic rings. The molecular formula is C83H163N6O26P. The predicted octanol–water partition coefficient (Wildman–Crippen LogP) is 4.37. The maximum Gasteiger partial charge on any atom is 0.485 e. The van der Waals surface area contributed by atoms with Gasteiger partial charge in [0.2, 0.25) is 0 Å². The van der Waals surface area contributed by atoms with Crippen molar-refractivity contribution in [1.82, 2.24) is 31.1 Å². The van der Waals surface area contributed by atoms with Gasteiger partial charge in [0, 0.05) is 83.5 Å². The third-order valence-corrected chi connectivity index (χ3v) is 26.4. The van der Waals surface area contributed by atoms with Gasteiger partial charge in [-0.3, -0.25) is 9.59 Å². The van der Waals surface area contributed by atoms with Crippen LogP contribution in [0.4, 0.5) is 0 Å². The van der Waals surface area contributed by atoms with Gasteiger partial charge in [0.1, 0.15) is 64.1 Å². The summed E-state index contributed by atoms with van der Waals surface area (Å²) in [5.74, 6) is -5.10. The number of nitrogens with one attached hydrogen (secondary N) is 4. The Hall–Kier alpha value is -2.04. The van der Waals surface area contributed by atoms with Gasteiger partial charge < -0.3 is 139 Å². The number of aliphatic hydroxyl groups excluding tert-OH is 3. The first-order valence-corrected chi connectivity index (χ1v) is 43.8. The lowest BCUT2D eigenvalue weighted by atomic mass is 9.75. The van der Waals surface area contributed by atoms with E-state index in [-0.39, 0.29) is 88.7 Å². The van der Waals surface area contributed by atoms with Crippen LogP contribution in [0.5, 0.6) is 0 Å². The summed E-state index contributed by atoms with van der Waals surface area (Å²) >= 11 is 0. The van der Waals surface area contributed by atoms with Crippen molar-refractivity contribution in [2.45, 2.75) is 397 Å². The van der Waals surface area contributed by atoms with E-state index in [0.29, 0.717) is 39.0 Å². The Labute approximate surface area is 696 Å². The molecule has 0 spiro atoms. The van der Waals surface area contributed by atoms with Crippen LogP contribution in [0.1, 0.15) is 225 Å². The van der Waals surface area contributed by atoms with E-state index in [1.165, 1.54) is 21.0 Å². The Balaban J connectivity index is 0.000000574. The second-order valence-electron chi connectivity index (χ2n) is 37.0. The smallest absolute Gasteiger partial charge is 0.485 e. The average molecular weight is 1690 g/mol. The minimum atomic E-state index is -3.12. The van der Waals surface area contributed by atoms with Crippen LogP contribution in [-0.2, 0) is 71.0 Å². The van der Waals surface area contributed by atoms with Crippen molar-refractivity contribution in [3.05, 3.63) is 0 Å². The molecule has 6 saturated heterocycles. The van der Waals surface area contributed by atoms with Crippen LogP contribution in [0, 0.1) is 41.4 Å². The average Bonchev–Trinajstić information content (AvgIpc) is 1.25. The molecule has 32 nitrogen and oxygen atoms in total. The number of esters is 2. The molecule has 6 aliphatic rings. The molecule has 6 rings (SSSR count). The number of hydrogen-bond acceptors (Lipinski definition) is 31. The van der Waals surface area contributed by atoms with Crippen LogP contribution < -0.4 is 26.2 Å². The SMILES string of the molecule is CCCNC[C@]1(O)C(C)OC(OC2C(C)C(=O)OC(CC)[C@@](C)(O)[C@H](O)[C@@H](C)NC[C@H](C)C[C@](C)(O)[C@H](OC3OC(C)CC(N(C)C)[C@H]3C)C2C)C[C@@]1(C)OC.CCCNC[C@]1(O)C(C)OC(OC2C(C)C(=O)OC(CC)[C@@](C)(O)[C@H](O)[C@@H](C)NC[C@H](C)C[C@](C)(O)[C@H](OC3OC(C)CC(N(C)C)[C@H]3O)C2C)C[C@@]1(C)OC.O=[P+]([O-])O.[HH]. The van der Waals surface area contributed by atoms with E-state index in [9.17, 15) is 55.5 Å². The standard InChI is InChI=1S/C42H81N3O11.C41H79N3O12.HO3P.H2/c1-16-18-43-23-42(50)30(9)53-33(21-40(42,11)51-15)55-34-27(6)36(56-38-26(5)31(45(13)14)19-25(4)52-38)39(10,48)20-24(3)22-44-29(8)35(46)41(12,49)32(17-2)54-37(47)28(34)7;1-15-17-42-22-41(50)28(8)53-31(20-39(41,10)51-14)55-33-25(5)35(56-37-32(45)29(44(12)13)18-24(4)52-37)38(9,48)19-23(3)21-43-27(7)34(46)40(11,49)30(16-2)54-36(47)26(33)6;1-4(2)3;/h24-36,38,43-44,46,48-50H,16-23H2,1-15H3;23-35,37,42-43,45-46,48-50H,15-22H2,1-14H3;(H,1,2,3);1H/t24-,25?,26-,27?,28?,29-,30?,31?,32?,33?,34?,35-,36-,38?,39+,40-,41-,42+;23-,24?,25?,26?,27-,28?,29?,30?,31?,32-,33?,34-,35-,37?,38+,39-,40-,41+;;/m11../s1. The molecule has 0 amide bonds. The van der Waals surface area contributed by atoms with Crippen LogP contribution >= 0.6 is 8.25 Å². The molecule has 37 atom stereocenters. The Kier molecular flexibility index (Phi) is 41.4. The van der Waals surface area contributed by atoms with E-state index >= 15 is 0 Å². The van der Waals surface area contributed by atoms with E-state index in [1.54, 1.807) is 76.3 Å². The van der Waals surface area contributed by atoms with Crippen molar-refractivity contribution in [3.8, 4) is 0 Å². The Bertz CT molecular complexity index is 2760. The summed E-state index contributed by atoms with van der Waals surface area (Å²) in [6.45, 7) is 44.5. The fourth-order valence-corrected chi connectivity index (χ4v) is 18.7. The summed E-state index contributed by atoms with van der Waals surface area (Å²) < 4.78 is 85.8. The van der Waals surface area contributed by atoms with E-state index in [1.807, 2.05) is 95.4 Å². The summed E-state index contributed by atoms with van der Waals surface area (Å²) in [7, 11) is 7.83. The number of carbonyl (C=O) groups excluding carboxylic acids is 2. The summed E-state index contributed by atoms with van der Waals surface area (Å²) in [5.41, 5.74) is -11.7. The summed E-state index contributed by atoms with van der Waals surface area (Å²) in [4.78, 5) is 48.4. The lowest BCUT2D eigenvalue weighted by molar-refractivity contribution is -0.336. The number of aliphatic hydroxyl groups is 9. The highest BCUT2D eigenvalue weighted by Gasteiger charge is 2.61. The Morgan fingerprint density at radius 1 is 0.526 bits per heavy atom. The van der Waals surface area contributed by atoms with Gasteiger partial charge in [-0.05, 0) is 219 Å². The maximum absolute atomic E-state index is 14.4. The third kappa shape index (κ3) is 26.5. The minimum Gasteiger partial charge on any atom is -0.567 e. The largest absolute Gasteiger partial charge is 0.567 e. The molecular weight excluding hydrogens is 1530 g/mol. The number of cyclic esters (lactones) is 2. The molecule has 0 saturated carbocycles. The Morgan fingerprint density at radius 3 is 1.19 bits per heavy atom.